The summed E-state index contributed by atoms with van der Waals surface area (Å²) in [6.07, 6.45) is -0.500. The first-order valence-electron chi connectivity index (χ1n) is 6.04. The lowest BCUT2D eigenvalue weighted by Crippen LogP contribution is -2.34. The van der Waals surface area contributed by atoms with Crippen LogP contribution in [0.2, 0.25) is 0 Å². The molecule has 0 spiro atoms. The number of carbonyl (C=O) groups is 2. The van der Waals surface area contributed by atoms with Crippen LogP contribution in [-0.4, -0.2) is 45.5 Å². The molecular formula is C13H16N2O5. The Bertz CT molecular complexity index is 513. The third-order valence-corrected chi connectivity index (χ3v) is 2.83. The Morgan fingerprint density at radius 3 is 2.90 bits per heavy atom. The Labute approximate surface area is 116 Å². The Morgan fingerprint density at radius 2 is 2.20 bits per heavy atom. The van der Waals surface area contributed by atoms with Gasteiger partial charge in [-0.25, -0.2) is 0 Å². The molecule has 0 aliphatic carbocycles. The van der Waals surface area contributed by atoms with Crippen molar-refractivity contribution >= 4 is 17.5 Å². The zero-order valence-corrected chi connectivity index (χ0v) is 11.3. The van der Waals surface area contributed by atoms with E-state index in [2.05, 4.69) is 10.6 Å². The summed E-state index contributed by atoms with van der Waals surface area (Å²) in [6, 6.07) is 4.84. The maximum atomic E-state index is 12.0. The summed E-state index contributed by atoms with van der Waals surface area (Å²) in [5, 5.41) is 5.33. The molecule has 0 unspecified atom stereocenters. The first kappa shape index (κ1) is 14.3. The fourth-order valence-electron chi connectivity index (χ4n) is 1.77. The van der Waals surface area contributed by atoms with Crippen molar-refractivity contribution in [3.05, 3.63) is 23.8 Å². The van der Waals surface area contributed by atoms with Gasteiger partial charge in [0.05, 0.1) is 12.2 Å². The molecule has 0 bridgehead atoms. The maximum Gasteiger partial charge on any atom is 0.262 e. The van der Waals surface area contributed by atoms with Crippen molar-refractivity contribution in [1.29, 1.82) is 0 Å². The van der Waals surface area contributed by atoms with Gasteiger partial charge in [-0.1, -0.05) is 0 Å². The molecule has 7 nitrogen and oxygen atoms in total. The van der Waals surface area contributed by atoms with Crippen molar-refractivity contribution in [1.82, 2.24) is 5.32 Å². The number of hydrogen-bond donors (Lipinski definition) is 2. The van der Waals surface area contributed by atoms with Gasteiger partial charge in [0.25, 0.3) is 11.8 Å². The quantitative estimate of drug-likeness (QED) is 0.761. The van der Waals surface area contributed by atoms with Gasteiger partial charge in [0, 0.05) is 19.8 Å². The molecule has 1 aliphatic rings. The summed E-state index contributed by atoms with van der Waals surface area (Å²) in [7, 11) is 2.98. The van der Waals surface area contributed by atoms with Crippen LogP contribution in [0.3, 0.4) is 0 Å². The van der Waals surface area contributed by atoms with Crippen LogP contribution in [0.15, 0.2) is 18.2 Å². The molecule has 0 saturated heterocycles. The fourth-order valence-corrected chi connectivity index (χ4v) is 1.77. The predicted octanol–water partition coefficient (Wildman–Crippen LogP) is 0.366. The number of ether oxygens (including phenoxy) is 3. The highest BCUT2D eigenvalue weighted by Crippen LogP contribution is 2.28. The first-order chi connectivity index (χ1) is 9.63. The van der Waals surface area contributed by atoms with Gasteiger partial charge in [-0.15, -0.1) is 0 Å². The summed E-state index contributed by atoms with van der Waals surface area (Å²) < 4.78 is 15.2. The topological polar surface area (TPSA) is 85.9 Å². The Morgan fingerprint density at radius 1 is 1.45 bits per heavy atom. The average molecular weight is 280 g/mol. The zero-order valence-electron chi connectivity index (χ0n) is 11.3. The van der Waals surface area contributed by atoms with E-state index in [1.807, 2.05) is 0 Å². The number of carbonyl (C=O) groups excluding carboxylic acids is 2. The van der Waals surface area contributed by atoms with E-state index in [-0.39, 0.29) is 25.0 Å². The summed E-state index contributed by atoms with van der Waals surface area (Å²) in [4.78, 5) is 23.2. The molecule has 0 aromatic heterocycles. The van der Waals surface area contributed by atoms with E-state index in [1.165, 1.54) is 14.2 Å². The smallest absolute Gasteiger partial charge is 0.262 e. The van der Waals surface area contributed by atoms with Crippen molar-refractivity contribution in [3.8, 4) is 5.75 Å². The van der Waals surface area contributed by atoms with Crippen molar-refractivity contribution in [2.75, 3.05) is 32.7 Å². The van der Waals surface area contributed by atoms with E-state index in [0.717, 1.165) is 0 Å². The Balaban J connectivity index is 2.03. The molecule has 1 heterocycles. The molecule has 0 atom stereocenters. The summed E-state index contributed by atoms with van der Waals surface area (Å²) in [6.45, 7) is 0.216. The highest BCUT2D eigenvalue weighted by atomic mass is 16.7. The molecule has 0 fully saturated rings. The Kier molecular flexibility index (Phi) is 4.54. The third kappa shape index (κ3) is 3.25. The third-order valence-electron chi connectivity index (χ3n) is 2.83. The minimum Gasteiger partial charge on any atom is -0.482 e. The standard InChI is InChI=1S/C13H16N2O5/c1-18-12(19-2)6-14-13(17)8-3-4-10-9(5-8)15-11(16)7-20-10/h3-5,12H,6-7H2,1-2H3,(H,14,17)(H,15,16). The lowest BCUT2D eigenvalue weighted by Gasteiger charge is -2.18. The van der Waals surface area contributed by atoms with Gasteiger partial charge in [-0.2, -0.15) is 0 Å². The number of nitrogens with one attached hydrogen (secondary N) is 2. The van der Waals surface area contributed by atoms with Crippen LogP contribution >= 0.6 is 0 Å². The second-order valence-corrected chi connectivity index (χ2v) is 4.16. The van der Waals surface area contributed by atoms with Crippen LogP contribution in [0.1, 0.15) is 10.4 Å². The molecule has 0 radical (unpaired) electrons. The lowest BCUT2D eigenvalue weighted by molar-refractivity contribution is -0.118. The van der Waals surface area contributed by atoms with Crippen LogP contribution < -0.4 is 15.4 Å². The van der Waals surface area contributed by atoms with E-state index in [1.54, 1.807) is 18.2 Å². The van der Waals surface area contributed by atoms with Gasteiger partial charge in [0.15, 0.2) is 12.9 Å². The van der Waals surface area contributed by atoms with E-state index < -0.39 is 6.29 Å². The molecule has 7 heteroatoms. The largest absolute Gasteiger partial charge is 0.482 e. The molecule has 2 rings (SSSR count). The first-order valence-corrected chi connectivity index (χ1v) is 6.04. The van der Waals surface area contributed by atoms with Gasteiger partial charge >= 0.3 is 0 Å². The number of amides is 2. The molecule has 2 amide bonds. The van der Waals surface area contributed by atoms with Crippen molar-refractivity contribution in [2.24, 2.45) is 0 Å². The number of benzene rings is 1. The zero-order chi connectivity index (χ0) is 14.5. The fraction of sp³-hybridized carbons (Fsp3) is 0.385. The van der Waals surface area contributed by atoms with Crippen LogP contribution in [0, 0.1) is 0 Å². The number of methoxy groups -OCH3 is 2. The Hall–Kier alpha value is -2.12. The molecule has 1 aliphatic heterocycles. The van der Waals surface area contributed by atoms with Crippen LogP contribution in [-0.2, 0) is 14.3 Å². The maximum absolute atomic E-state index is 12.0. The second-order valence-electron chi connectivity index (χ2n) is 4.16. The molecule has 1 aromatic rings. The van der Waals surface area contributed by atoms with Crippen molar-refractivity contribution < 1.29 is 23.8 Å². The monoisotopic (exact) mass is 280 g/mol. The lowest BCUT2D eigenvalue weighted by atomic mass is 10.1. The summed E-state index contributed by atoms with van der Waals surface area (Å²) in [5.41, 5.74) is 0.907. The van der Waals surface area contributed by atoms with E-state index in [4.69, 9.17) is 14.2 Å². The molecule has 108 valence electrons. The number of fused-ring (bicyclic) bond motifs is 1. The number of anilines is 1. The predicted molar refractivity (Wildman–Crippen MR) is 70.7 cm³/mol. The van der Waals surface area contributed by atoms with E-state index >= 15 is 0 Å². The SMILES string of the molecule is COC(CNC(=O)c1ccc2c(c1)NC(=O)CO2)OC. The van der Waals surface area contributed by atoms with E-state index in [0.29, 0.717) is 17.0 Å². The van der Waals surface area contributed by atoms with Crippen LogP contribution in [0.25, 0.3) is 0 Å². The minimum absolute atomic E-state index is 0.0120. The van der Waals surface area contributed by atoms with Gasteiger partial charge in [-0.05, 0) is 18.2 Å². The number of rotatable bonds is 5. The summed E-state index contributed by atoms with van der Waals surface area (Å²) >= 11 is 0. The highest BCUT2D eigenvalue weighted by Gasteiger charge is 2.18. The average Bonchev–Trinajstić information content (AvgIpc) is 2.47. The molecular weight excluding hydrogens is 264 g/mol. The van der Waals surface area contributed by atoms with Crippen LogP contribution in [0.4, 0.5) is 5.69 Å². The van der Waals surface area contributed by atoms with Crippen molar-refractivity contribution in [3.63, 3.8) is 0 Å². The van der Waals surface area contributed by atoms with Gasteiger partial charge in [-0.3, -0.25) is 9.59 Å². The normalized spacial score (nSPS) is 13.4. The second kappa shape index (κ2) is 6.36. The van der Waals surface area contributed by atoms with Gasteiger partial charge in [0.1, 0.15) is 5.75 Å². The van der Waals surface area contributed by atoms with Crippen molar-refractivity contribution in [2.45, 2.75) is 6.29 Å². The highest BCUT2D eigenvalue weighted by molar-refractivity contribution is 5.99. The molecule has 20 heavy (non-hydrogen) atoms. The number of hydrogen-bond acceptors (Lipinski definition) is 5. The van der Waals surface area contributed by atoms with Crippen LogP contribution in [0.5, 0.6) is 5.75 Å². The molecule has 2 N–H and O–H groups in total. The molecule has 0 saturated carbocycles. The van der Waals surface area contributed by atoms with Gasteiger partial charge in [0.2, 0.25) is 0 Å². The summed E-state index contributed by atoms with van der Waals surface area (Å²) in [5.74, 6) is 0.0217. The minimum atomic E-state index is -0.500. The van der Waals surface area contributed by atoms with E-state index in [9.17, 15) is 9.59 Å². The van der Waals surface area contributed by atoms with Gasteiger partial charge < -0.3 is 24.8 Å². The molecule has 1 aromatic carbocycles.